The molecule has 0 unspecified atom stereocenters. The first-order chi connectivity index (χ1) is 6.76. The third kappa shape index (κ3) is 3.13. The molecule has 0 saturated heterocycles. The number of methoxy groups -OCH3 is 1. The van der Waals surface area contributed by atoms with Gasteiger partial charge in [0.2, 0.25) is 0 Å². The minimum Gasteiger partial charge on any atom is -0.497 e. The van der Waals surface area contributed by atoms with E-state index in [0.717, 1.165) is 17.1 Å². The van der Waals surface area contributed by atoms with Crippen LogP contribution in [-0.2, 0) is 11.3 Å². The van der Waals surface area contributed by atoms with Crippen LogP contribution < -0.4 is 4.74 Å². The molecule has 76 valence electrons. The summed E-state index contributed by atoms with van der Waals surface area (Å²) in [5.41, 5.74) is 1.15. The van der Waals surface area contributed by atoms with Crippen molar-refractivity contribution in [2.75, 3.05) is 7.11 Å². The van der Waals surface area contributed by atoms with Crippen LogP contribution in [0.4, 0.5) is 0 Å². The molecule has 1 aromatic carbocycles. The van der Waals surface area contributed by atoms with Crippen LogP contribution in [0.3, 0.4) is 0 Å². The first-order valence-corrected chi connectivity index (χ1v) is 4.65. The van der Waals surface area contributed by atoms with E-state index < -0.39 is 0 Å². The zero-order valence-corrected chi connectivity index (χ0v) is 8.91. The number of allylic oxidation sites excluding steroid dienone is 2. The summed E-state index contributed by atoms with van der Waals surface area (Å²) >= 11 is 0. The molecule has 2 nitrogen and oxygen atoms in total. The van der Waals surface area contributed by atoms with Crippen molar-refractivity contribution < 1.29 is 9.47 Å². The monoisotopic (exact) mass is 192 g/mol. The zero-order chi connectivity index (χ0) is 10.4. The third-order valence-electron chi connectivity index (χ3n) is 2.03. The van der Waals surface area contributed by atoms with Crippen molar-refractivity contribution in [1.29, 1.82) is 0 Å². The van der Waals surface area contributed by atoms with Gasteiger partial charge in [-0.2, -0.15) is 0 Å². The molecule has 0 aliphatic heterocycles. The van der Waals surface area contributed by atoms with Crippen LogP contribution >= 0.6 is 0 Å². The summed E-state index contributed by atoms with van der Waals surface area (Å²) in [5, 5.41) is 0. The smallest absolute Gasteiger partial charge is 0.118 e. The number of ether oxygens (including phenoxy) is 2. The second kappa shape index (κ2) is 5.32. The SMILES string of the molecule is C/C=C(\C)OCc1ccc(OC)cc1. The Hall–Kier alpha value is -1.44. The summed E-state index contributed by atoms with van der Waals surface area (Å²) in [6.07, 6.45) is 1.95. The summed E-state index contributed by atoms with van der Waals surface area (Å²) in [7, 11) is 1.66. The standard InChI is InChI=1S/C12H16O2/c1-4-10(2)14-9-11-5-7-12(13-3)8-6-11/h4-8H,9H2,1-3H3/b10-4+. The first-order valence-electron chi connectivity index (χ1n) is 4.65. The van der Waals surface area contributed by atoms with Crippen molar-refractivity contribution in [2.45, 2.75) is 20.5 Å². The van der Waals surface area contributed by atoms with Gasteiger partial charge in [-0.1, -0.05) is 12.1 Å². The normalized spacial score (nSPS) is 11.2. The van der Waals surface area contributed by atoms with E-state index in [1.54, 1.807) is 7.11 Å². The third-order valence-corrected chi connectivity index (χ3v) is 2.03. The maximum atomic E-state index is 5.47. The molecule has 0 heterocycles. The number of rotatable bonds is 4. The van der Waals surface area contributed by atoms with E-state index >= 15 is 0 Å². The van der Waals surface area contributed by atoms with Gasteiger partial charge in [0.05, 0.1) is 12.9 Å². The van der Waals surface area contributed by atoms with Gasteiger partial charge in [0.15, 0.2) is 0 Å². The molecule has 1 aromatic rings. The fraction of sp³-hybridized carbons (Fsp3) is 0.333. The Morgan fingerprint density at radius 2 is 1.93 bits per heavy atom. The fourth-order valence-electron chi connectivity index (χ4n) is 1.00. The highest BCUT2D eigenvalue weighted by Crippen LogP contribution is 2.12. The van der Waals surface area contributed by atoms with E-state index in [9.17, 15) is 0 Å². The molecule has 1 rings (SSSR count). The van der Waals surface area contributed by atoms with Crippen LogP contribution in [0.2, 0.25) is 0 Å². The molecule has 0 atom stereocenters. The largest absolute Gasteiger partial charge is 0.497 e. The van der Waals surface area contributed by atoms with Crippen molar-refractivity contribution in [3.8, 4) is 5.75 Å². The van der Waals surface area contributed by atoms with Crippen LogP contribution in [-0.4, -0.2) is 7.11 Å². The van der Waals surface area contributed by atoms with Gasteiger partial charge >= 0.3 is 0 Å². The van der Waals surface area contributed by atoms with Gasteiger partial charge in [0, 0.05) is 0 Å². The van der Waals surface area contributed by atoms with E-state index in [0.29, 0.717) is 6.61 Å². The highest BCUT2D eigenvalue weighted by molar-refractivity contribution is 5.26. The summed E-state index contributed by atoms with van der Waals surface area (Å²) in [4.78, 5) is 0. The molecule has 0 aromatic heterocycles. The average molecular weight is 192 g/mol. The lowest BCUT2D eigenvalue weighted by Crippen LogP contribution is -1.91. The molecule has 0 aliphatic rings. The Morgan fingerprint density at radius 1 is 1.29 bits per heavy atom. The fourth-order valence-corrected chi connectivity index (χ4v) is 1.00. The van der Waals surface area contributed by atoms with Crippen molar-refractivity contribution >= 4 is 0 Å². The average Bonchev–Trinajstić information content (AvgIpc) is 2.26. The number of hydrogen-bond donors (Lipinski definition) is 0. The topological polar surface area (TPSA) is 18.5 Å². The Labute approximate surface area is 85.2 Å². The van der Waals surface area contributed by atoms with Gasteiger partial charge in [-0.3, -0.25) is 0 Å². The minimum atomic E-state index is 0.611. The van der Waals surface area contributed by atoms with E-state index in [1.165, 1.54) is 0 Å². The van der Waals surface area contributed by atoms with Crippen LogP contribution in [0.25, 0.3) is 0 Å². The Morgan fingerprint density at radius 3 is 2.43 bits per heavy atom. The lowest BCUT2D eigenvalue weighted by Gasteiger charge is -2.06. The van der Waals surface area contributed by atoms with E-state index in [2.05, 4.69) is 0 Å². The van der Waals surface area contributed by atoms with Gasteiger partial charge in [0.25, 0.3) is 0 Å². The van der Waals surface area contributed by atoms with Gasteiger partial charge in [-0.05, 0) is 37.6 Å². The van der Waals surface area contributed by atoms with Crippen LogP contribution in [0, 0.1) is 0 Å². The molecule has 0 aliphatic carbocycles. The highest BCUT2D eigenvalue weighted by Gasteiger charge is 1.94. The maximum absolute atomic E-state index is 5.47. The van der Waals surface area contributed by atoms with Crippen LogP contribution in [0.5, 0.6) is 5.75 Å². The molecule has 0 amide bonds. The first kappa shape index (κ1) is 10.6. The minimum absolute atomic E-state index is 0.611. The molecule has 0 spiro atoms. The summed E-state index contributed by atoms with van der Waals surface area (Å²) in [6, 6.07) is 7.87. The lowest BCUT2D eigenvalue weighted by atomic mass is 10.2. The van der Waals surface area contributed by atoms with Gasteiger partial charge in [-0.25, -0.2) is 0 Å². The summed E-state index contributed by atoms with van der Waals surface area (Å²) < 4.78 is 10.5. The molecule has 2 heteroatoms. The Bertz CT molecular complexity index is 299. The van der Waals surface area contributed by atoms with E-state index in [1.807, 2.05) is 44.2 Å². The second-order valence-corrected chi connectivity index (χ2v) is 3.04. The van der Waals surface area contributed by atoms with Crippen LogP contribution in [0.1, 0.15) is 19.4 Å². The van der Waals surface area contributed by atoms with Gasteiger partial charge in [0.1, 0.15) is 12.4 Å². The lowest BCUT2D eigenvalue weighted by molar-refractivity contribution is 0.200. The summed E-state index contributed by atoms with van der Waals surface area (Å²) in [6.45, 7) is 4.52. The summed E-state index contributed by atoms with van der Waals surface area (Å²) in [5.74, 6) is 1.82. The van der Waals surface area contributed by atoms with Crippen molar-refractivity contribution in [1.82, 2.24) is 0 Å². The molecule has 0 bridgehead atoms. The molecule has 0 radical (unpaired) electrons. The predicted molar refractivity (Wildman–Crippen MR) is 57.2 cm³/mol. The van der Waals surface area contributed by atoms with Crippen molar-refractivity contribution in [3.63, 3.8) is 0 Å². The number of hydrogen-bond acceptors (Lipinski definition) is 2. The predicted octanol–water partition coefficient (Wildman–Crippen LogP) is 3.14. The van der Waals surface area contributed by atoms with Gasteiger partial charge in [-0.15, -0.1) is 0 Å². The van der Waals surface area contributed by atoms with Crippen molar-refractivity contribution in [2.24, 2.45) is 0 Å². The van der Waals surface area contributed by atoms with Crippen LogP contribution in [0.15, 0.2) is 36.1 Å². The van der Waals surface area contributed by atoms with Crippen molar-refractivity contribution in [3.05, 3.63) is 41.7 Å². The van der Waals surface area contributed by atoms with E-state index in [-0.39, 0.29) is 0 Å². The molecular formula is C12H16O2. The molecule has 0 fully saturated rings. The Kier molecular flexibility index (Phi) is 4.05. The molecule has 14 heavy (non-hydrogen) atoms. The number of benzene rings is 1. The molecule has 0 N–H and O–H groups in total. The maximum Gasteiger partial charge on any atom is 0.118 e. The Balaban J connectivity index is 2.52. The quantitative estimate of drug-likeness (QED) is 0.682. The molecular weight excluding hydrogens is 176 g/mol. The second-order valence-electron chi connectivity index (χ2n) is 3.04. The zero-order valence-electron chi connectivity index (χ0n) is 8.91. The van der Waals surface area contributed by atoms with Gasteiger partial charge < -0.3 is 9.47 Å². The van der Waals surface area contributed by atoms with E-state index in [4.69, 9.17) is 9.47 Å². The highest BCUT2D eigenvalue weighted by atomic mass is 16.5. The molecule has 0 saturated carbocycles.